The van der Waals surface area contributed by atoms with Crippen LogP contribution in [-0.4, -0.2) is 28.8 Å². The van der Waals surface area contributed by atoms with Crippen molar-refractivity contribution in [3.8, 4) is 23.1 Å². The molecule has 0 bridgehead atoms. The van der Waals surface area contributed by atoms with Gasteiger partial charge >= 0.3 is 5.97 Å². The molecule has 1 heterocycles. The standard InChI is InChI=1S/C25H26ClNO5/c1-17-14-24(27-16-19(17)8-11-25(28)29)30-13-12-18(2)31-22-10-9-20(26)15-23(22)32-21-6-4-3-5-7-21/h3-7,9-10,14-16,18H,8,11-13H2,1-2H3,(H,28,29)/t18-/m0/s1. The summed E-state index contributed by atoms with van der Waals surface area (Å²) in [5.74, 6) is 1.53. The van der Waals surface area contributed by atoms with Crippen molar-refractivity contribution in [3.05, 3.63) is 76.9 Å². The highest BCUT2D eigenvalue weighted by atomic mass is 35.5. The van der Waals surface area contributed by atoms with Gasteiger partial charge in [-0.2, -0.15) is 0 Å². The van der Waals surface area contributed by atoms with E-state index in [2.05, 4.69) is 4.98 Å². The van der Waals surface area contributed by atoms with Crippen molar-refractivity contribution in [2.24, 2.45) is 0 Å². The number of carbonyl (C=O) groups is 1. The average Bonchev–Trinajstić information content (AvgIpc) is 2.76. The van der Waals surface area contributed by atoms with Crippen molar-refractivity contribution >= 4 is 17.6 Å². The third-order valence-electron chi connectivity index (χ3n) is 4.78. The van der Waals surface area contributed by atoms with Gasteiger partial charge in [0.05, 0.1) is 12.7 Å². The molecule has 6 nitrogen and oxygen atoms in total. The molecule has 0 saturated carbocycles. The van der Waals surface area contributed by atoms with Gasteiger partial charge in [0.2, 0.25) is 5.88 Å². The fraction of sp³-hybridized carbons (Fsp3) is 0.280. The molecule has 0 aliphatic carbocycles. The molecule has 0 fully saturated rings. The highest BCUT2D eigenvalue weighted by Gasteiger charge is 2.12. The van der Waals surface area contributed by atoms with Gasteiger partial charge in [0.1, 0.15) is 5.75 Å². The lowest BCUT2D eigenvalue weighted by molar-refractivity contribution is -0.136. The van der Waals surface area contributed by atoms with Crippen LogP contribution in [0.1, 0.15) is 30.9 Å². The van der Waals surface area contributed by atoms with E-state index in [4.69, 9.17) is 30.9 Å². The number of aryl methyl sites for hydroxylation is 2. The average molecular weight is 456 g/mol. The zero-order valence-electron chi connectivity index (χ0n) is 18.1. The first kappa shape index (κ1) is 23.4. The Morgan fingerprint density at radius 2 is 1.91 bits per heavy atom. The van der Waals surface area contributed by atoms with E-state index in [0.717, 1.165) is 11.1 Å². The summed E-state index contributed by atoms with van der Waals surface area (Å²) in [7, 11) is 0. The molecule has 168 valence electrons. The van der Waals surface area contributed by atoms with Gasteiger partial charge in [-0.15, -0.1) is 0 Å². The molecule has 32 heavy (non-hydrogen) atoms. The van der Waals surface area contributed by atoms with Crippen LogP contribution in [0.4, 0.5) is 0 Å². The van der Waals surface area contributed by atoms with E-state index in [1.54, 1.807) is 24.4 Å². The Kier molecular flexibility index (Phi) is 8.34. The lowest BCUT2D eigenvalue weighted by atomic mass is 10.1. The molecule has 0 spiro atoms. The lowest BCUT2D eigenvalue weighted by Gasteiger charge is -2.18. The summed E-state index contributed by atoms with van der Waals surface area (Å²) in [5.41, 5.74) is 1.87. The van der Waals surface area contributed by atoms with E-state index in [9.17, 15) is 4.79 Å². The number of halogens is 1. The van der Waals surface area contributed by atoms with Crippen LogP contribution in [0, 0.1) is 6.92 Å². The van der Waals surface area contributed by atoms with Crippen molar-refractivity contribution in [3.63, 3.8) is 0 Å². The van der Waals surface area contributed by atoms with Gasteiger partial charge in [-0.25, -0.2) is 4.98 Å². The van der Waals surface area contributed by atoms with Gasteiger partial charge in [0.25, 0.3) is 0 Å². The van der Waals surface area contributed by atoms with Crippen LogP contribution >= 0.6 is 11.6 Å². The highest BCUT2D eigenvalue weighted by molar-refractivity contribution is 6.30. The summed E-state index contributed by atoms with van der Waals surface area (Å²) in [6, 6.07) is 16.6. The number of hydrogen-bond donors (Lipinski definition) is 1. The van der Waals surface area contributed by atoms with E-state index in [0.29, 0.717) is 47.6 Å². The molecular formula is C25H26ClNO5. The molecule has 0 amide bonds. The SMILES string of the molecule is Cc1cc(OCC[C@H](C)Oc2ccc(Cl)cc2Oc2ccccc2)ncc1CCC(=O)O. The van der Waals surface area contributed by atoms with Crippen LogP contribution in [-0.2, 0) is 11.2 Å². The number of ether oxygens (including phenoxy) is 3. The van der Waals surface area contributed by atoms with E-state index < -0.39 is 5.97 Å². The van der Waals surface area contributed by atoms with E-state index in [1.807, 2.05) is 50.2 Å². The zero-order chi connectivity index (χ0) is 22.9. The molecule has 1 aromatic heterocycles. The van der Waals surface area contributed by atoms with Crippen LogP contribution in [0.3, 0.4) is 0 Å². The lowest BCUT2D eigenvalue weighted by Crippen LogP contribution is -2.16. The monoisotopic (exact) mass is 455 g/mol. The van der Waals surface area contributed by atoms with Gasteiger partial charge in [-0.1, -0.05) is 29.8 Å². The Labute approximate surface area is 192 Å². The Balaban J connectivity index is 1.53. The largest absolute Gasteiger partial charge is 0.487 e. The summed E-state index contributed by atoms with van der Waals surface area (Å²) < 4.78 is 17.8. The third-order valence-corrected chi connectivity index (χ3v) is 5.02. The van der Waals surface area contributed by atoms with Gasteiger partial charge in [0.15, 0.2) is 11.5 Å². The number of carboxylic acids is 1. The number of aliphatic carboxylic acids is 1. The molecule has 0 saturated heterocycles. The van der Waals surface area contributed by atoms with Crippen molar-refractivity contribution in [1.82, 2.24) is 4.98 Å². The molecule has 0 radical (unpaired) electrons. The smallest absolute Gasteiger partial charge is 0.303 e. The summed E-state index contributed by atoms with van der Waals surface area (Å²) in [6.07, 6.45) is 2.71. The maximum absolute atomic E-state index is 10.7. The van der Waals surface area contributed by atoms with Crippen LogP contribution in [0.15, 0.2) is 60.8 Å². The zero-order valence-corrected chi connectivity index (χ0v) is 18.8. The van der Waals surface area contributed by atoms with Crippen molar-refractivity contribution < 1.29 is 24.1 Å². The Morgan fingerprint density at radius 3 is 2.62 bits per heavy atom. The molecule has 7 heteroatoms. The van der Waals surface area contributed by atoms with Gasteiger partial charge < -0.3 is 19.3 Å². The topological polar surface area (TPSA) is 77.9 Å². The van der Waals surface area contributed by atoms with Crippen LogP contribution in [0.25, 0.3) is 0 Å². The predicted molar refractivity (Wildman–Crippen MR) is 123 cm³/mol. The Morgan fingerprint density at radius 1 is 1.12 bits per heavy atom. The number of hydrogen-bond acceptors (Lipinski definition) is 5. The molecule has 1 atom stereocenters. The second-order valence-electron chi connectivity index (χ2n) is 7.41. The number of aromatic nitrogens is 1. The van der Waals surface area contributed by atoms with Crippen molar-refractivity contribution in [1.29, 1.82) is 0 Å². The van der Waals surface area contributed by atoms with Gasteiger partial charge in [-0.05, 0) is 55.7 Å². The molecule has 0 aliphatic heterocycles. The predicted octanol–water partition coefficient (Wildman–Crippen LogP) is 6.09. The number of para-hydroxylation sites is 1. The first-order chi connectivity index (χ1) is 15.4. The Hall–Kier alpha value is -3.25. The second-order valence-corrected chi connectivity index (χ2v) is 7.85. The first-order valence-corrected chi connectivity index (χ1v) is 10.8. The van der Waals surface area contributed by atoms with E-state index >= 15 is 0 Å². The fourth-order valence-electron chi connectivity index (χ4n) is 3.02. The summed E-state index contributed by atoms with van der Waals surface area (Å²) in [6.45, 7) is 4.30. The quantitative estimate of drug-likeness (QED) is 0.377. The highest BCUT2D eigenvalue weighted by Crippen LogP contribution is 2.35. The van der Waals surface area contributed by atoms with E-state index in [-0.39, 0.29) is 12.5 Å². The van der Waals surface area contributed by atoms with E-state index in [1.165, 1.54) is 0 Å². The molecular weight excluding hydrogens is 430 g/mol. The Bertz CT molecular complexity index is 1040. The molecule has 3 rings (SSSR count). The summed E-state index contributed by atoms with van der Waals surface area (Å²) in [5, 5.41) is 9.39. The number of carboxylic acid groups (broad SMARTS) is 1. The third kappa shape index (κ3) is 7.17. The normalized spacial score (nSPS) is 11.6. The summed E-state index contributed by atoms with van der Waals surface area (Å²) in [4.78, 5) is 15.0. The molecule has 0 aliphatic rings. The van der Waals surface area contributed by atoms with Crippen LogP contribution < -0.4 is 14.2 Å². The second kappa shape index (κ2) is 11.4. The minimum Gasteiger partial charge on any atom is -0.487 e. The number of benzene rings is 2. The van der Waals surface area contributed by atoms with Crippen LogP contribution in [0.5, 0.6) is 23.1 Å². The number of rotatable bonds is 11. The molecule has 0 unspecified atom stereocenters. The first-order valence-electron chi connectivity index (χ1n) is 10.4. The number of nitrogens with zero attached hydrogens (tertiary/aromatic N) is 1. The molecule has 1 N–H and O–H groups in total. The maximum Gasteiger partial charge on any atom is 0.303 e. The maximum atomic E-state index is 10.7. The minimum atomic E-state index is -0.822. The van der Waals surface area contributed by atoms with Gasteiger partial charge in [0, 0.05) is 36.2 Å². The van der Waals surface area contributed by atoms with Crippen molar-refractivity contribution in [2.45, 2.75) is 39.2 Å². The van der Waals surface area contributed by atoms with Crippen molar-refractivity contribution in [2.75, 3.05) is 6.61 Å². The van der Waals surface area contributed by atoms with Gasteiger partial charge in [-0.3, -0.25) is 4.79 Å². The summed E-state index contributed by atoms with van der Waals surface area (Å²) >= 11 is 6.14. The fourth-order valence-corrected chi connectivity index (χ4v) is 3.18. The molecule has 3 aromatic rings. The minimum absolute atomic E-state index is 0.0816. The van der Waals surface area contributed by atoms with Crippen LogP contribution in [0.2, 0.25) is 5.02 Å². The number of pyridine rings is 1. The molecule has 2 aromatic carbocycles.